The van der Waals surface area contributed by atoms with E-state index in [-0.39, 0.29) is 11.8 Å². The number of nitrogens with zero attached hydrogens (tertiary/aromatic N) is 3. The number of nitrogens with one attached hydrogen (secondary N) is 2. The zero-order valence-electron chi connectivity index (χ0n) is 18.1. The van der Waals surface area contributed by atoms with Gasteiger partial charge in [-0.1, -0.05) is 18.2 Å². The average molecular weight is 415 g/mol. The maximum absolute atomic E-state index is 12.7. The Balaban J connectivity index is 1.56. The van der Waals surface area contributed by atoms with E-state index in [1.165, 1.54) is 6.92 Å². The Bertz CT molecular complexity index is 1320. The zero-order chi connectivity index (χ0) is 22.1. The number of aryl methyl sites for hydroxylation is 3. The second kappa shape index (κ2) is 8.18. The Labute approximate surface area is 180 Å². The van der Waals surface area contributed by atoms with Gasteiger partial charge < -0.3 is 10.6 Å². The molecule has 4 aromatic rings. The monoisotopic (exact) mass is 415 g/mol. The number of hydrogen-bond acceptors (Lipinski definition) is 4. The Morgan fingerprint density at radius 1 is 1.00 bits per heavy atom. The quantitative estimate of drug-likeness (QED) is 0.508. The van der Waals surface area contributed by atoms with Crippen LogP contribution in [0.1, 0.15) is 35.9 Å². The molecular weight excluding hydrogens is 390 g/mol. The van der Waals surface area contributed by atoms with Crippen LogP contribution in [0, 0.1) is 20.8 Å². The highest BCUT2D eigenvalue weighted by molar-refractivity contribution is 5.99. The Morgan fingerprint density at radius 3 is 2.55 bits per heavy atom. The number of anilines is 2. The first-order valence-corrected chi connectivity index (χ1v) is 10.2. The van der Waals surface area contributed by atoms with E-state index in [2.05, 4.69) is 15.7 Å². The molecule has 0 saturated heterocycles. The second-order valence-corrected chi connectivity index (χ2v) is 7.79. The fourth-order valence-electron chi connectivity index (χ4n) is 3.85. The standard InChI is InChI=1S/C24H25N5O2/c1-14-9-11-21(26-17(4)30)22(13-14)27-23(31)12-10-18-15(2)25-24-19-7-5-6-8-20(19)28-29(24)16(18)3/h5-9,11,13H,10,12H2,1-4H3,(H,26,30)(H,27,31). The summed E-state index contributed by atoms with van der Waals surface area (Å²) in [6, 6.07) is 13.5. The number of carbonyl (C=O) groups is 2. The third kappa shape index (κ3) is 4.12. The molecule has 2 heterocycles. The van der Waals surface area contributed by atoms with E-state index in [9.17, 15) is 9.59 Å². The van der Waals surface area contributed by atoms with Gasteiger partial charge in [-0.15, -0.1) is 0 Å². The van der Waals surface area contributed by atoms with E-state index < -0.39 is 0 Å². The molecule has 4 rings (SSSR count). The minimum Gasteiger partial charge on any atom is -0.325 e. The highest BCUT2D eigenvalue weighted by Crippen LogP contribution is 2.25. The van der Waals surface area contributed by atoms with Crippen LogP contribution in [0.3, 0.4) is 0 Å². The Morgan fingerprint density at radius 2 is 1.77 bits per heavy atom. The van der Waals surface area contributed by atoms with E-state index in [4.69, 9.17) is 4.98 Å². The lowest BCUT2D eigenvalue weighted by Crippen LogP contribution is -2.16. The van der Waals surface area contributed by atoms with Gasteiger partial charge in [0.1, 0.15) is 0 Å². The number of benzene rings is 2. The normalized spacial score (nSPS) is 11.1. The summed E-state index contributed by atoms with van der Waals surface area (Å²) in [6.07, 6.45) is 0.840. The van der Waals surface area contributed by atoms with Gasteiger partial charge in [0.25, 0.3) is 0 Å². The summed E-state index contributed by atoms with van der Waals surface area (Å²) in [5.41, 5.74) is 6.82. The van der Waals surface area contributed by atoms with Crippen LogP contribution in [0.5, 0.6) is 0 Å². The molecule has 0 aliphatic heterocycles. The van der Waals surface area contributed by atoms with Crippen molar-refractivity contribution in [2.75, 3.05) is 10.6 Å². The van der Waals surface area contributed by atoms with Crippen LogP contribution < -0.4 is 10.6 Å². The smallest absolute Gasteiger partial charge is 0.224 e. The molecule has 2 aromatic carbocycles. The Hall–Kier alpha value is -3.74. The summed E-state index contributed by atoms with van der Waals surface area (Å²) < 4.78 is 1.86. The van der Waals surface area contributed by atoms with E-state index >= 15 is 0 Å². The van der Waals surface area contributed by atoms with Gasteiger partial charge in [0.15, 0.2) is 5.65 Å². The van der Waals surface area contributed by atoms with Crippen molar-refractivity contribution in [1.82, 2.24) is 14.6 Å². The molecule has 2 amide bonds. The summed E-state index contributed by atoms with van der Waals surface area (Å²) in [5.74, 6) is -0.307. The third-order valence-corrected chi connectivity index (χ3v) is 5.38. The molecule has 2 aromatic heterocycles. The van der Waals surface area contributed by atoms with Crippen LogP contribution >= 0.6 is 0 Å². The van der Waals surface area contributed by atoms with Crippen LogP contribution in [0.4, 0.5) is 11.4 Å². The molecule has 158 valence electrons. The van der Waals surface area contributed by atoms with Gasteiger partial charge in [-0.3, -0.25) is 9.59 Å². The van der Waals surface area contributed by atoms with E-state index in [1.54, 1.807) is 6.07 Å². The number of fused-ring (bicyclic) bond motifs is 3. The van der Waals surface area contributed by atoms with Crippen molar-refractivity contribution in [3.63, 3.8) is 0 Å². The molecule has 0 unspecified atom stereocenters. The molecule has 0 aliphatic carbocycles. The summed E-state index contributed by atoms with van der Waals surface area (Å²) in [7, 11) is 0. The molecule has 0 aliphatic rings. The zero-order valence-corrected chi connectivity index (χ0v) is 18.1. The minimum absolute atomic E-state index is 0.123. The van der Waals surface area contributed by atoms with E-state index in [0.717, 1.165) is 39.1 Å². The van der Waals surface area contributed by atoms with Gasteiger partial charge in [0.2, 0.25) is 11.8 Å². The van der Waals surface area contributed by atoms with Gasteiger partial charge in [0.05, 0.1) is 16.9 Å². The molecule has 0 atom stereocenters. The van der Waals surface area contributed by atoms with Crippen molar-refractivity contribution in [3.8, 4) is 0 Å². The molecule has 7 nitrogen and oxygen atoms in total. The Kier molecular flexibility index (Phi) is 5.42. The van der Waals surface area contributed by atoms with Crippen molar-refractivity contribution >= 4 is 39.7 Å². The minimum atomic E-state index is -0.184. The third-order valence-electron chi connectivity index (χ3n) is 5.38. The predicted molar refractivity (Wildman–Crippen MR) is 122 cm³/mol. The lowest BCUT2D eigenvalue weighted by molar-refractivity contribution is -0.116. The number of carbonyl (C=O) groups excluding carboxylic acids is 2. The molecule has 0 saturated carbocycles. The van der Waals surface area contributed by atoms with Crippen LogP contribution in [0.25, 0.3) is 16.6 Å². The summed E-state index contributed by atoms with van der Waals surface area (Å²) in [4.78, 5) is 28.9. The number of hydrogen-bond donors (Lipinski definition) is 2. The number of aromatic nitrogens is 3. The van der Waals surface area contributed by atoms with Crippen LogP contribution in [0.15, 0.2) is 42.5 Å². The molecular formula is C24H25N5O2. The van der Waals surface area contributed by atoms with Crippen molar-refractivity contribution in [2.24, 2.45) is 0 Å². The maximum Gasteiger partial charge on any atom is 0.224 e. The molecule has 0 bridgehead atoms. The number of amides is 2. The molecule has 2 N–H and O–H groups in total. The lowest BCUT2D eigenvalue weighted by Gasteiger charge is -2.14. The largest absolute Gasteiger partial charge is 0.325 e. The predicted octanol–water partition coefficient (Wildman–Crippen LogP) is 4.34. The maximum atomic E-state index is 12.7. The van der Waals surface area contributed by atoms with Crippen LogP contribution in [-0.2, 0) is 16.0 Å². The van der Waals surface area contributed by atoms with Gasteiger partial charge in [-0.05, 0) is 62.6 Å². The fourth-order valence-corrected chi connectivity index (χ4v) is 3.85. The van der Waals surface area contributed by atoms with Crippen molar-refractivity contribution in [1.29, 1.82) is 0 Å². The molecule has 0 radical (unpaired) electrons. The van der Waals surface area contributed by atoms with Crippen molar-refractivity contribution < 1.29 is 9.59 Å². The van der Waals surface area contributed by atoms with Gasteiger partial charge in [-0.25, -0.2) is 9.50 Å². The lowest BCUT2D eigenvalue weighted by atomic mass is 10.1. The molecule has 31 heavy (non-hydrogen) atoms. The summed E-state index contributed by atoms with van der Waals surface area (Å²) >= 11 is 0. The molecule has 0 fully saturated rings. The van der Waals surface area contributed by atoms with Gasteiger partial charge >= 0.3 is 0 Å². The second-order valence-electron chi connectivity index (χ2n) is 7.79. The van der Waals surface area contributed by atoms with E-state index in [1.807, 2.05) is 61.7 Å². The van der Waals surface area contributed by atoms with Gasteiger partial charge in [0, 0.05) is 30.1 Å². The van der Waals surface area contributed by atoms with Crippen LogP contribution in [0.2, 0.25) is 0 Å². The van der Waals surface area contributed by atoms with Gasteiger partial charge in [-0.2, -0.15) is 5.10 Å². The highest BCUT2D eigenvalue weighted by atomic mass is 16.2. The topological polar surface area (TPSA) is 88.4 Å². The first-order valence-electron chi connectivity index (χ1n) is 10.2. The summed E-state index contributed by atoms with van der Waals surface area (Å²) in [5, 5.41) is 11.4. The highest BCUT2D eigenvalue weighted by Gasteiger charge is 2.15. The van der Waals surface area contributed by atoms with Crippen LogP contribution in [-0.4, -0.2) is 26.4 Å². The summed E-state index contributed by atoms with van der Waals surface area (Å²) in [6.45, 7) is 7.36. The average Bonchev–Trinajstić information content (AvgIpc) is 3.08. The van der Waals surface area contributed by atoms with E-state index in [0.29, 0.717) is 24.2 Å². The SMILES string of the molecule is CC(=O)Nc1ccc(C)cc1NC(=O)CCc1c(C)nc2c3ccccc3nn2c1C. The first kappa shape index (κ1) is 20.5. The van der Waals surface area contributed by atoms with Crippen molar-refractivity contribution in [2.45, 2.75) is 40.5 Å². The molecule has 0 spiro atoms. The van der Waals surface area contributed by atoms with Crippen molar-refractivity contribution in [3.05, 3.63) is 65.0 Å². The molecule has 7 heteroatoms. The first-order chi connectivity index (χ1) is 14.8. The fraction of sp³-hybridized carbons (Fsp3) is 0.250. The number of rotatable bonds is 5.